The second kappa shape index (κ2) is 6.48. The van der Waals surface area contributed by atoms with Gasteiger partial charge in [-0.2, -0.15) is 0 Å². The highest BCUT2D eigenvalue weighted by Gasteiger charge is 2.10. The molecule has 1 aromatic rings. The number of rotatable bonds is 6. The Morgan fingerprint density at radius 2 is 2.11 bits per heavy atom. The van der Waals surface area contributed by atoms with Crippen LogP contribution in [0.25, 0.3) is 0 Å². The average molecular weight is 286 g/mol. The van der Waals surface area contributed by atoms with Gasteiger partial charge in [-0.1, -0.05) is 0 Å². The Kier molecular flexibility index (Phi) is 5.25. The summed E-state index contributed by atoms with van der Waals surface area (Å²) >= 11 is 0. The minimum Gasteiger partial charge on any atom is -0.384 e. The molecule has 0 saturated heterocycles. The predicted octanol–water partition coefficient (Wildman–Crippen LogP) is -0.255. The van der Waals surface area contributed by atoms with E-state index in [1.165, 1.54) is 18.1 Å². The van der Waals surface area contributed by atoms with E-state index >= 15 is 0 Å². The van der Waals surface area contributed by atoms with E-state index in [1.807, 2.05) is 0 Å². The third-order valence-electron chi connectivity index (χ3n) is 2.40. The molecule has 106 valence electrons. The molecule has 0 aromatic carbocycles. The van der Waals surface area contributed by atoms with Crippen molar-refractivity contribution < 1.29 is 13.2 Å². The summed E-state index contributed by atoms with van der Waals surface area (Å²) in [6.45, 7) is 0.253. The number of pyridine rings is 1. The Bertz CT molecular complexity index is 543. The van der Waals surface area contributed by atoms with E-state index in [4.69, 9.17) is 0 Å². The summed E-state index contributed by atoms with van der Waals surface area (Å²) in [6.07, 6.45) is 1.51. The first-order valence-electron chi connectivity index (χ1n) is 5.68. The number of nitrogens with zero attached hydrogens (tertiary/aromatic N) is 2. The monoisotopic (exact) mass is 286 g/mol. The zero-order valence-corrected chi connectivity index (χ0v) is 12.0. The molecule has 0 fully saturated rings. The van der Waals surface area contributed by atoms with Crippen molar-refractivity contribution in [3.05, 3.63) is 24.0 Å². The van der Waals surface area contributed by atoms with Gasteiger partial charge in [0.05, 0.1) is 5.75 Å². The Hall–Kier alpha value is -1.67. The second-order valence-corrected chi connectivity index (χ2v) is 6.13. The van der Waals surface area contributed by atoms with Crippen LogP contribution < -0.4 is 10.0 Å². The number of aromatic nitrogens is 1. The van der Waals surface area contributed by atoms with E-state index in [2.05, 4.69) is 15.0 Å². The first-order chi connectivity index (χ1) is 8.85. The van der Waals surface area contributed by atoms with Crippen molar-refractivity contribution in [2.24, 2.45) is 0 Å². The molecule has 1 aromatic heterocycles. The first kappa shape index (κ1) is 15.4. The van der Waals surface area contributed by atoms with Gasteiger partial charge in [0.1, 0.15) is 5.69 Å². The number of hydrogen-bond donors (Lipinski definition) is 2. The topological polar surface area (TPSA) is 91.4 Å². The molecule has 0 atom stereocenters. The largest absolute Gasteiger partial charge is 0.384 e. The maximum atomic E-state index is 11.7. The molecule has 0 aliphatic carbocycles. The SMILES string of the molecule is CNS(=O)(=O)CCNc1ccnc(C(=O)N(C)C)c1. The van der Waals surface area contributed by atoms with Crippen LogP contribution in [0.4, 0.5) is 5.69 Å². The highest BCUT2D eigenvalue weighted by Crippen LogP contribution is 2.08. The molecule has 1 rings (SSSR count). The van der Waals surface area contributed by atoms with Gasteiger partial charge in [-0.05, 0) is 19.2 Å². The fourth-order valence-corrected chi connectivity index (χ4v) is 1.89. The van der Waals surface area contributed by atoms with Crippen LogP contribution in [0, 0.1) is 0 Å². The van der Waals surface area contributed by atoms with Gasteiger partial charge in [0.2, 0.25) is 10.0 Å². The van der Waals surface area contributed by atoms with Crippen molar-refractivity contribution in [3.8, 4) is 0 Å². The van der Waals surface area contributed by atoms with Crippen molar-refractivity contribution in [1.82, 2.24) is 14.6 Å². The molecule has 0 unspecified atom stereocenters. The van der Waals surface area contributed by atoms with E-state index in [1.54, 1.807) is 26.2 Å². The molecule has 1 heterocycles. The van der Waals surface area contributed by atoms with Crippen molar-refractivity contribution in [2.75, 3.05) is 38.8 Å². The fourth-order valence-electron chi connectivity index (χ4n) is 1.32. The summed E-state index contributed by atoms with van der Waals surface area (Å²) in [6, 6.07) is 3.27. The molecule has 2 N–H and O–H groups in total. The van der Waals surface area contributed by atoms with E-state index in [9.17, 15) is 13.2 Å². The van der Waals surface area contributed by atoms with Gasteiger partial charge >= 0.3 is 0 Å². The highest BCUT2D eigenvalue weighted by molar-refractivity contribution is 7.89. The smallest absolute Gasteiger partial charge is 0.272 e. The number of carbonyl (C=O) groups is 1. The third-order valence-corrected chi connectivity index (χ3v) is 3.76. The standard InChI is InChI=1S/C11H18N4O3S/c1-12-19(17,18)7-6-13-9-4-5-14-10(8-9)11(16)15(2)3/h4-5,8,12H,6-7H2,1-3H3,(H,13,14). The maximum Gasteiger partial charge on any atom is 0.272 e. The van der Waals surface area contributed by atoms with Crippen LogP contribution in [0.2, 0.25) is 0 Å². The molecule has 7 nitrogen and oxygen atoms in total. The van der Waals surface area contributed by atoms with Crippen LogP contribution in [0.3, 0.4) is 0 Å². The molecule has 0 aliphatic rings. The van der Waals surface area contributed by atoms with Gasteiger partial charge in [-0.15, -0.1) is 0 Å². The predicted molar refractivity (Wildman–Crippen MR) is 73.6 cm³/mol. The first-order valence-corrected chi connectivity index (χ1v) is 7.34. The lowest BCUT2D eigenvalue weighted by atomic mass is 10.3. The van der Waals surface area contributed by atoms with Crippen LogP contribution >= 0.6 is 0 Å². The molecule has 19 heavy (non-hydrogen) atoms. The van der Waals surface area contributed by atoms with Crippen molar-refractivity contribution in [1.29, 1.82) is 0 Å². The number of amides is 1. The van der Waals surface area contributed by atoms with Crippen LogP contribution in [-0.2, 0) is 10.0 Å². The molecule has 0 bridgehead atoms. The Balaban J connectivity index is 2.66. The van der Waals surface area contributed by atoms with Crippen molar-refractivity contribution in [2.45, 2.75) is 0 Å². The third kappa shape index (κ3) is 4.84. The summed E-state index contributed by atoms with van der Waals surface area (Å²) < 4.78 is 24.7. The molecular weight excluding hydrogens is 268 g/mol. The zero-order chi connectivity index (χ0) is 14.5. The van der Waals surface area contributed by atoms with E-state index in [0.717, 1.165) is 0 Å². The second-order valence-electron chi connectivity index (χ2n) is 4.08. The minimum atomic E-state index is -3.23. The molecular formula is C11H18N4O3S. The molecule has 0 aliphatic heterocycles. The van der Waals surface area contributed by atoms with Crippen molar-refractivity contribution >= 4 is 21.6 Å². The number of hydrogen-bond acceptors (Lipinski definition) is 5. The van der Waals surface area contributed by atoms with Gasteiger partial charge in [0, 0.05) is 32.5 Å². The number of nitrogens with one attached hydrogen (secondary N) is 2. The Morgan fingerprint density at radius 1 is 1.42 bits per heavy atom. The van der Waals surface area contributed by atoms with E-state index in [0.29, 0.717) is 11.4 Å². The number of anilines is 1. The van der Waals surface area contributed by atoms with Gasteiger partial charge in [-0.25, -0.2) is 13.1 Å². The summed E-state index contributed by atoms with van der Waals surface area (Å²) in [5.41, 5.74) is 0.970. The molecule has 1 amide bonds. The average Bonchev–Trinajstić information content (AvgIpc) is 2.38. The minimum absolute atomic E-state index is 0.0389. The summed E-state index contributed by atoms with van der Waals surface area (Å²) in [5, 5.41) is 2.94. The van der Waals surface area contributed by atoms with Crippen LogP contribution in [0.5, 0.6) is 0 Å². The molecule has 0 spiro atoms. The van der Waals surface area contributed by atoms with Crippen LogP contribution in [0.1, 0.15) is 10.5 Å². The van der Waals surface area contributed by atoms with Gasteiger partial charge in [-0.3, -0.25) is 9.78 Å². The quantitative estimate of drug-likeness (QED) is 0.752. The molecule has 0 radical (unpaired) electrons. The Morgan fingerprint density at radius 3 is 2.68 bits per heavy atom. The van der Waals surface area contributed by atoms with Crippen LogP contribution in [-0.4, -0.2) is 57.6 Å². The normalized spacial score (nSPS) is 11.1. The lowest BCUT2D eigenvalue weighted by molar-refractivity contribution is 0.0822. The van der Waals surface area contributed by atoms with Gasteiger partial charge in [0.15, 0.2) is 0 Å². The highest BCUT2D eigenvalue weighted by atomic mass is 32.2. The summed E-state index contributed by atoms with van der Waals surface area (Å²) in [5.74, 6) is -0.241. The summed E-state index contributed by atoms with van der Waals surface area (Å²) in [4.78, 5) is 17.1. The molecule has 8 heteroatoms. The van der Waals surface area contributed by atoms with E-state index in [-0.39, 0.29) is 18.2 Å². The lowest BCUT2D eigenvalue weighted by Crippen LogP contribution is -2.26. The maximum absolute atomic E-state index is 11.7. The zero-order valence-electron chi connectivity index (χ0n) is 11.2. The molecule has 0 saturated carbocycles. The van der Waals surface area contributed by atoms with Crippen molar-refractivity contribution in [3.63, 3.8) is 0 Å². The number of sulfonamides is 1. The Labute approximate surface area is 113 Å². The van der Waals surface area contributed by atoms with Gasteiger partial charge in [0.25, 0.3) is 5.91 Å². The number of carbonyl (C=O) groups excluding carboxylic acids is 1. The van der Waals surface area contributed by atoms with Crippen LogP contribution in [0.15, 0.2) is 18.3 Å². The lowest BCUT2D eigenvalue weighted by Gasteiger charge is -2.11. The van der Waals surface area contributed by atoms with Gasteiger partial charge < -0.3 is 10.2 Å². The fraction of sp³-hybridized carbons (Fsp3) is 0.455. The summed E-state index contributed by atoms with van der Waals surface area (Å²) in [7, 11) is 1.42. The van der Waals surface area contributed by atoms with E-state index < -0.39 is 10.0 Å².